The molecule has 0 radical (unpaired) electrons. The molecule has 2 aromatic carbocycles. The van der Waals surface area contributed by atoms with E-state index in [2.05, 4.69) is 5.32 Å². The van der Waals surface area contributed by atoms with E-state index in [9.17, 15) is 18.0 Å². The van der Waals surface area contributed by atoms with Crippen molar-refractivity contribution >= 4 is 17.7 Å². The van der Waals surface area contributed by atoms with Crippen LogP contribution in [0, 0.1) is 29.8 Å². The van der Waals surface area contributed by atoms with Gasteiger partial charge in [-0.3, -0.25) is 4.79 Å². The minimum atomic E-state index is -1.25. The van der Waals surface area contributed by atoms with E-state index in [1.807, 2.05) is 34.6 Å². The number of hydrogen-bond acceptors (Lipinski definition) is 3. The normalized spacial score (nSPS) is 10.9. The van der Waals surface area contributed by atoms with Crippen LogP contribution in [0.15, 0.2) is 24.3 Å². The fourth-order valence-electron chi connectivity index (χ4n) is 2.35. The van der Waals surface area contributed by atoms with Gasteiger partial charge in [0.1, 0.15) is 5.82 Å². The van der Waals surface area contributed by atoms with Crippen LogP contribution in [0.5, 0.6) is 0 Å². The fraction of sp³-hybridized carbons (Fsp3) is 0.409. The Labute approximate surface area is 164 Å². The van der Waals surface area contributed by atoms with E-state index in [1.54, 1.807) is 13.0 Å². The molecule has 0 fully saturated rings. The number of halogens is 3. The zero-order valence-electron chi connectivity index (χ0n) is 17.3. The van der Waals surface area contributed by atoms with Crippen LogP contribution in [0.4, 0.5) is 24.5 Å². The second kappa shape index (κ2) is 10.3. The highest BCUT2D eigenvalue weighted by Gasteiger charge is 2.20. The molecule has 0 bridgehead atoms. The Morgan fingerprint density at radius 3 is 2.25 bits per heavy atom. The number of aldehydes is 1. The highest BCUT2D eigenvalue weighted by Crippen LogP contribution is 2.30. The zero-order valence-corrected chi connectivity index (χ0v) is 17.3. The summed E-state index contributed by atoms with van der Waals surface area (Å²) < 4.78 is 48.2. The molecule has 28 heavy (non-hydrogen) atoms. The lowest BCUT2D eigenvalue weighted by Crippen LogP contribution is -2.15. The van der Waals surface area contributed by atoms with E-state index in [0.29, 0.717) is 18.5 Å². The molecule has 2 aromatic rings. The van der Waals surface area contributed by atoms with E-state index in [1.165, 1.54) is 18.2 Å². The van der Waals surface area contributed by atoms with Gasteiger partial charge in [-0.1, -0.05) is 40.7 Å². The number of benzene rings is 2. The van der Waals surface area contributed by atoms with Crippen molar-refractivity contribution in [2.24, 2.45) is 5.41 Å². The molecule has 0 saturated heterocycles. The van der Waals surface area contributed by atoms with Gasteiger partial charge >= 0.3 is 0 Å². The standard InChI is InChI=1S/C20H22F3NO2.C2H6/c1-12-5-6-16(15(21)7-12)24-19-13(9-25)8-14(17(22)18(19)23)10-26-11-20(2,3)4;1-2/h5-9,24H,10-11H2,1-4H3;1-2H3. The summed E-state index contributed by atoms with van der Waals surface area (Å²) in [4.78, 5) is 11.3. The first-order valence-corrected chi connectivity index (χ1v) is 9.19. The van der Waals surface area contributed by atoms with Crippen molar-refractivity contribution in [3.63, 3.8) is 0 Å². The molecule has 0 aromatic heterocycles. The van der Waals surface area contributed by atoms with Gasteiger partial charge in [0.15, 0.2) is 17.9 Å². The fourth-order valence-corrected chi connectivity index (χ4v) is 2.35. The van der Waals surface area contributed by atoms with Crippen LogP contribution in [0.25, 0.3) is 0 Å². The SMILES string of the molecule is CC.Cc1ccc(Nc2c(C=O)cc(COCC(C)(C)C)c(F)c2F)c(F)c1. The molecular formula is C22H28F3NO2. The van der Waals surface area contributed by atoms with Crippen LogP contribution in [0.1, 0.15) is 56.1 Å². The quantitative estimate of drug-likeness (QED) is 0.563. The van der Waals surface area contributed by atoms with Crippen molar-refractivity contribution in [3.8, 4) is 0 Å². The molecule has 0 atom stereocenters. The molecule has 1 N–H and O–H groups in total. The van der Waals surface area contributed by atoms with Gasteiger partial charge in [0.25, 0.3) is 0 Å². The van der Waals surface area contributed by atoms with Crippen LogP contribution in [-0.2, 0) is 11.3 Å². The summed E-state index contributed by atoms with van der Waals surface area (Å²) in [5.41, 5.74) is -0.0790. The Bertz CT molecular complexity index is 814. The third-order valence-corrected chi connectivity index (χ3v) is 3.62. The second-order valence-electron chi connectivity index (χ2n) is 7.41. The van der Waals surface area contributed by atoms with Gasteiger partial charge in [0, 0.05) is 11.1 Å². The summed E-state index contributed by atoms with van der Waals surface area (Å²) in [6.07, 6.45) is 0.393. The van der Waals surface area contributed by atoms with Gasteiger partial charge in [0.2, 0.25) is 0 Å². The highest BCUT2D eigenvalue weighted by atomic mass is 19.2. The summed E-state index contributed by atoms with van der Waals surface area (Å²) in [7, 11) is 0. The molecule has 2 rings (SSSR count). The number of aryl methyl sites for hydroxylation is 1. The Hall–Kier alpha value is -2.34. The van der Waals surface area contributed by atoms with Gasteiger partial charge in [-0.25, -0.2) is 13.2 Å². The zero-order chi connectivity index (χ0) is 21.5. The van der Waals surface area contributed by atoms with Crippen molar-refractivity contribution in [2.75, 3.05) is 11.9 Å². The summed E-state index contributed by atoms with van der Waals surface area (Å²) in [5, 5.41) is 2.47. The van der Waals surface area contributed by atoms with E-state index in [-0.39, 0.29) is 28.8 Å². The van der Waals surface area contributed by atoms with Crippen molar-refractivity contribution in [3.05, 3.63) is 58.4 Å². The number of nitrogens with one attached hydrogen (secondary N) is 1. The molecular weight excluding hydrogens is 367 g/mol. The minimum absolute atomic E-state index is 0.0475. The molecule has 3 nitrogen and oxygen atoms in total. The van der Waals surface area contributed by atoms with Gasteiger partial charge in [0.05, 0.1) is 24.6 Å². The van der Waals surface area contributed by atoms with Crippen LogP contribution >= 0.6 is 0 Å². The Morgan fingerprint density at radius 2 is 1.71 bits per heavy atom. The smallest absolute Gasteiger partial charge is 0.183 e. The minimum Gasteiger partial charge on any atom is -0.376 e. The molecule has 0 aliphatic carbocycles. The molecule has 0 aliphatic rings. The van der Waals surface area contributed by atoms with Crippen LogP contribution in [0.2, 0.25) is 0 Å². The third-order valence-electron chi connectivity index (χ3n) is 3.62. The number of anilines is 2. The Balaban J connectivity index is 0.00000190. The Kier molecular flexibility index (Phi) is 8.69. The molecule has 0 saturated carbocycles. The first kappa shape index (κ1) is 23.7. The average Bonchev–Trinajstić information content (AvgIpc) is 2.63. The van der Waals surface area contributed by atoms with Crippen molar-refractivity contribution < 1.29 is 22.7 Å². The van der Waals surface area contributed by atoms with Gasteiger partial charge in [-0.05, 0) is 36.1 Å². The first-order valence-electron chi connectivity index (χ1n) is 9.19. The lowest BCUT2D eigenvalue weighted by molar-refractivity contribution is 0.0580. The topological polar surface area (TPSA) is 38.3 Å². The molecule has 0 amide bonds. The monoisotopic (exact) mass is 395 g/mol. The highest BCUT2D eigenvalue weighted by molar-refractivity contribution is 5.86. The first-order chi connectivity index (χ1) is 13.1. The van der Waals surface area contributed by atoms with Crippen LogP contribution in [-0.4, -0.2) is 12.9 Å². The maximum Gasteiger partial charge on any atom is 0.183 e. The lowest BCUT2D eigenvalue weighted by Gasteiger charge is -2.19. The molecule has 0 aliphatic heterocycles. The van der Waals surface area contributed by atoms with Crippen LogP contribution in [0.3, 0.4) is 0 Å². The van der Waals surface area contributed by atoms with E-state index >= 15 is 0 Å². The number of carbonyl (C=O) groups is 1. The number of ether oxygens (including phenoxy) is 1. The summed E-state index contributed by atoms with van der Waals surface area (Å²) in [6.45, 7) is 11.7. The van der Waals surface area contributed by atoms with Crippen molar-refractivity contribution in [1.82, 2.24) is 0 Å². The predicted molar refractivity (Wildman–Crippen MR) is 107 cm³/mol. The number of carbonyl (C=O) groups excluding carboxylic acids is 1. The second-order valence-corrected chi connectivity index (χ2v) is 7.41. The number of hydrogen-bond donors (Lipinski definition) is 1. The summed E-state index contributed by atoms with van der Waals surface area (Å²) in [5.74, 6) is -3.00. The van der Waals surface area contributed by atoms with Gasteiger partial charge in [-0.2, -0.15) is 0 Å². The predicted octanol–water partition coefficient (Wildman–Crippen LogP) is 6.56. The third kappa shape index (κ3) is 6.37. The summed E-state index contributed by atoms with van der Waals surface area (Å²) >= 11 is 0. The number of rotatable bonds is 6. The largest absolute Gasteiger partial charge is 0.376 e. The van der Waals surface area contributed by atoms with Gasteiger partial charge in [-0.15, -0.1) is 0 Å². The lowest BCUT2D eigenvalue weighted by atomic mass is 9.99. The van der Waals surface area contributed by atoms with E-state index < -0.39 is 23.1 Å². The van der Waals surface area contributed by atoms with Crippen molar-refractivity contribution in [1.29, 1.82) is 0 Å². The molecule has 6 heteroatoms. The van der Waals surface area contributed by atoms with Crippen molar-refractivity contribution in [2.45, 2.75) is 48.1 Å². The maximum atomic E-state index is 14.5. The molecule has 0 unspecified atom stereocenters. The maximum absolute atomic E-state index is 14.5. The summed E-state index contributed by atoms with van der Waals surface area (Å²) in [6, 6.07) is 5.49. The van der Waals surface area contributed by atoms with E-state index in [4.69, 9.17) is 4.74 Å². The van der Waals surface area contributed by atoms with Crippen LogP contribution < -0.4 is 5.32 Å². The average molecular weight is 395 g/mol. The molecule has 154 valence electrons. The van der Waals surface area contributed by atoms with Gasteiger partial charge < -0.3 is 10.1 Å². The molecule has 0 spiro atoms. The Morgan fingerprint density at radius 1 is 1.07 bits per heavy atom. The van der Waals surface area contributed by atoms with E-state index in [0.717, 1.165) is 0 Å². The molecule has 0 heterocycles.